The zero-order chi connectivity index (χ0) is 13.6. The standard InChI is InChI=1S/C13H24O4.K.H/c1-5-6-7-9(13(2,3)4)8-10(11(14)15)12(16)17;;/h9-10H,5-8H2,1-4H3,(H,14,15)(H,16,17);;. The van der Waals surface area contributed by atoms with E-state index in [2.05, 4.69) is 6.92 Å². The Bertz CT molecular complexity index is 257. The van der Waals surface area contributed by atoms with Gasteiger partial charge in [0.25, 0.3) is 0 Å². The number of rotatable bonds is 7. The maximum absolute atomic E-state index is 10.9. The van der Waals surface area contributed by atoms with Gasteiger partial charge in [-0.3, -0.25) is 9.59 Å². The van der Waals surface area contributed by atoms with Crippen LogP contribution < -0.4 is 0 Å². The van der Waals surface area contributed by atoms with E-state index in [1.807, 2.05) is 20.8 Å². The summed E-state index contributed by atoms with van der Waals surface area (Å²) in [5.74, 6) is -3.62. The van der Waals surface area contributed by atoms with Crippen molar-refractivity contribution < 1.29 is 19.8 Å². The molecule has 0 aromatic carbocycles. The van der Waals surface area contributed by atoms with E-state index in [1.165, 1.54) is 0 Å². The predicted molar refractivity (Wildman–Crippen MR) is 73.0 cm³/mol. The summed E-state index contributed by atoms with van der Waals surface area (Å²) in [5, 5.41) is 17.8. The van der Waals surface area contributed by atoms with Crippen LogP contribution in [0.2, 0.25) is 0 Å². The molecule has 0 aliphatic carbocycles. The third-order valence-electron chi connectivity index (χ3n) is 3.25. The molecular weight excluding hydrogens is 259 g/mol. The normalized spacial score (nSPS) is 12.9. The van der Waals surface area contributed by atoms with Crippen molar-refractivity contribution in [3.8, 4) is 0 Å². The van der Waals surface area contributed by atoms with Crippen molar-refractivity contribution in [2.45, 2.75) is 53.4 Å². The fourth-order valence-corrected chi connectivity index (χ4v) is 1.95. The molecule has 0 bridgehead atoms. The molecule has 0 saturated heterocycles. The van der Waals surface area contributed by atoms with Gasteiger partial charge in [0.05, 0.1) is 0 Å². The molecule has 0 radical (unpaired) electrons. The number of carboxylic acid groups (broad SMARTS) is 2. The molecule has 0 aromatic rings. The Kier molecular flexibility index (Phi) is 11.0. The summed E-state index contributed by atoms with van der Waals surface area (Å²) in [6.45, 7) is 8.18. The molecule has 5 heteroatoms. The molecule has 1 atom stereocenters. The van der Waals surface area contributed by atoms with Gasteiger partial charge in [-0.05, 0) is 24.2 Å². The van der Waals surface area contributed by atoms with Crippen LogP contribution >= 0.6 is 0 Å². The van der Waals surface area contributed by atoms with Gasteiger partial charge in [0.2, 0.25) is 0 Å². The Morgan fingerprint density at radius 2 is 1.56 bits per heavy atom. The molecule has 4 nitrogen and oxygen atoms in total. The summed E-state index contributed by atoms with van der Waals surface area (Å²) in [6.07, 6.45) is 3.15. The first-order chi connectivity index (χ1) is 7.70. The molecule has 1 unspecified atom stereocenters. The molecule has 0 aliphatic rings. The van der Waals surface area contributed by atoms with E-state index in [1.54, 1.807) is 0 Å². The molecule has 0 fully saturated rings. The summed E-state index contributed by atoms with van der Waals surface area (Å²) in [6, 6.07) is 0. The van der Waals surface area contributed by atoms with Crippen molar-refractivity contribution in [2.75, 3.05) is 0 Å². The Morgan fingerprint density at radius 1 is 1.11 bits per heavy atom. The minimum absolute atomic E-state index is 0. The monoisotopic (exact) mass is 284 g/mol. The van der Waals surface area contributed by atoms with Crippen molar-refractivity contribution >= 4 is 63.3 Å². The van der Waals surface area contributed by atoms with Gasteiger partial charge in [-0.25, -0.2) is 0 Å². The Morgan fingerprint density at radius 3 is 1.83 bits per heavy atom. The summed E-state index contributed by atoms with van der Waals surface area (Å²) in [5.41, 5.74) is -0.0572. The summed E-state index contributed by atoms with van der Waals surface area (Å²) in [7, 11) is 0. The Balaban J connectivity index is 0. The van der Waals surface area contributed by atoms with Crippen LogP contribution in [-0.4, -0.2) is 73.5 Å². The fourth-order valence-electron chi connectivity index (χ4n) is 1.95. The average molecular weight is 284 g/mol. The number of carbonyl (C=O) groups is 2. The summed E-state index contributed by atoms with van der Waals surface area (Å²) in [4.78, 5) is 21.8. The predicted octanol–water partition coefficient (Wildman–Crippen LogP) is 2.37. The number of aliphatic carboxylic acids is 2. The van der Waals surface area contributed by atoms with Crippen LogP contribution in [0.5, 0.6) is 0 Å². The van der Waals surface area contributed by atoms with Crippen LogP contribution in [0.25, 0.3) is 0 Å². The molecule has 0 aromatic heterocycles. The molecule has 0 amide bonds. The van der Waals surface area contributed by atoms with Gasteiger partial charge in [-0.2, -0.15) is 0 Å². The summed E-state index contributed by atoms with van der Waals surface area (Å²) < 4.78 is 0. The molecule has 0 heterocycles. The third kappa shape index (κ3) is 7.89. The average Bonchev–Trinajstić information content (AvgIpc) is 2.14. The zero-order valence-corrected chi connectivity index (χ0v) is 11.2. The maximum atomic E-state index is 10.9. The van der Waals surface area contributed by atoms with Crippen molar-refractivity contribution in [1.29, 1.82) is 0 Å². The third-order valence-corrected chi connectivity index (χ3v) is 3.25. The van der Waals surface area contributed by atoms with Crippen molar-refractivity contribution in [3.63, 3.8) is 0 Å². The van der Waals surface area contributed by atoms with Gasteiger partial charge < -0.3 is 10.2 Å². The zero-order valence-electron chi connectivity index (χ0n) is 11.2. The van der Waals surface area contributed by atoms with Gasteiger partial charge in [-0.15, -0.1) is 0 Å². The SMILES string of the molecule is CCCCC(CC(C(=O)O)C(=O)O)C(C)(C)C.[KH]. The first-order valence-corrected chi connectivity index (χ1v) is 6.15. The van der Waals surface area contributed by atoms with Crippen molar-refractivity contribution in [2.24, 2.45) is 17.3 Å². The van der Waals surface area contributed by atoms with Crippen LogP contribution in [-0.2, 0) is 9.59 Å². The Hall–Kier alpha value is 0.576. The van der Waals surface area contributed by atoms with E-state index in [9.17, 15) is 9.59 Å². The molecule has 0 rings (SSSR count). The van der Waals surface area contributed by atoms with E-state index >= 15 is 0 Å². The van der Waals surface area contributed by atoms with Crippen LogP contribution in [0.1, 0.15) is 53.4 Å². The molecular formula is C13H25KO4. The van der Waals surface area contributed by atoms with Gasteiger partial charge in [-0.1, -0.05) is 40.5 Å². The van der Waals surface area contributed by atoms with Crippen molar-refractivity contribution in [3.05, 3.63) is 0 Å². The van der Waals surface area contributed by atoms with E-state index in [0.717, 1.165) is 19.3 Å². The molecule has 102 valence electrons. The van der Waals surface area contributed by atoms with Gasteiger partial charge >= 0.3 is 63.3 Å². The topological polar surface area (TPSA) is 74.6 Å². The number of hydrogen-bond donors (Lipinski definition) is 2. The van der Waals surface area contributed by atoms with Gasteiger partial charge in [0.1, 0.15) is 0 Å². The summed E-state index contributed by atoms with van der Waals surface area (Å²) >= 11 is 0. The first-order valence-electron chi connectivity index (χ1n) is 6.15. The quantitative estimate of drug-likeness (QED) is 0.556. The second-order valence-corrected chi connectivity index (χ2v) is 5.67. The molecule has 0 saturated carbocycles. The minimum atomic E-state index is -1.28. The molecule has 2 N–H and O–H groups in total. The second-order valence-electron chi connectivity index (χ2n) is 5.67. The van der Waals surface area contributed by atoms with E-state index in [-0.39, 0.29) is 69.1 Å². The van der Waals surface area contributed by atoms with E-state index < -0.39 is 17.9 Å². The molecule has 0 aliphatic heterocycles. The van der Waals surface area contributed by atoms with Crippen LogP contribution in [0.3, 0.4) is 0 Å². The van der Waals surface area contributed by atoms with E-state index in [4.69, 9.17) is 10.2 Å². The van der Waals surface area contributed by atoms with Crippen molar-refractivity contribution in [1.82, 2.24) is 0 Å². The van der Waals surface area contributed by atoms with Crippen LogP contribution in [0.15, 0.2) is 0 Å². The molecule has 18 heavy (non-hydrogen) atoms. The number of carboxylic acids is 2. The van der Waals surface area contributed by atoms with Gasteiger partial charge in [0.15, 0.2) is 5.92 Å². The molecule has 0 spiro atoms. The van der Waals surface area contributed by atoms with Crippen LogP contribution in [0.4, 0.5) is 0 Å². The Labute approximate surface area is 152 Å². The number of unbranched alkanes of at least 4 members (excludes halogenated alkanes) is 1. The fraction of sp³-hybridized carbons (Fsp3) is 0.846. The second kappa shape index (κ2) is 9.48. The first kappa shape index (κ1) is 20.9. The van der Waals surface area contributed by atoms with Gasteiger partial charge in [0, 0.05) is 0 Å². The number of hydrogen-bond acceptors (Lipinski definition) is 2. The van der Waals surface area contributed by atoms with E-state index in [0.29, 0.717) is 0 Å². The van der Waals surface area contributed by atoms with Crippen LogP contribution in [0, 0.1) is 17.3 Å².